The molecule has 35 heavy (non-hydrogen) atoms. The molecular weight excluding hydrogens is 444 g/mol. The Morgan fingerprint density at radius 2 is 2.20 bits per heavy atom. The van der Waals surface area contributed by atoms with Gasteiger partial charge in [-0.3, -0.25) is 9.48 Å². The number of nitrogens with one attached hydrogen (secondary N) is 3. The fraction of sp³-hybridized carbons (Fsp3) is 0.208. The number of aromatic nitrogens is 4. The lowest BCUT2D eigenvalue weighted by Crippen LogP contribution is -2.37. The van der Waals surface area contributed by atoms with Crippen molar-refractivity contribution in [2.24, 2.45) is 10.8 Å². The molecule has 0 radical (unpaired) electrons. The number of imidazole rings is 1. The van der Waals surface area contributed by atoms with E-state index < -0.39 is 5.91 Å². The number of amides is 1. The van der Waals surface area contributed by atoms with Crippen LogP contribution in [0.15, 0.2) is 65.7 Å². The summed E-state index contributed by atoms with van der Waals surface area (Å²) < 4.78 is 1.87. The molecule has 5 N–H and O–H groups in total. The highest BCUT2D eigenvalue weighted by Crippen LogP contribution is 2.26. The smallest absolute Gasteiger partial charge is 0.268 e. The van der Waals surface area contributed by atoms with Crippen LogP contribution >= 0.6 is 0 Å². The largest absolute Gasteiger partial charge is 0.378 e. The lowest BCUT2D eigenvalue weighted by atomic mass is 10.1. The molecule has 11 heteroatoms. The topological polar surface area (TPSA) is 153 Å². The van der Waals surface area contributed by atoms with Gasteiger partial charge >= 0.3 is 0 Å². The summed E-state index contributed by atoms with van der Waals surface area (Å²) in [4.78, 5) is 20.0. The Morgan fingerprint density at radius 3 is 2.94 bits per heavy atom. The number of hydrogen-bond acceptors (Lipinski definition) is 8. The van der Waals surface area contributed by atoms with Crippen LogP contribution in [0.5, 0.6) is 0 Å². The molecule has 2 aliphatic rings. The number of primary amides is 1. The number of allylic oxidation sites excluding steroid dienone is 1. The van der Waals surface area contributed by atoms with Crippen molar-refractivity contribution in [3.05, 3.63) is 77.7 Å². The first kappa shape index (κ1) is 22.0. The molecule has 0 saturated carbocycles. The van der Waals surface area contributed by atoms with E-state index in [-0.39, 0.29) is 17.9 Å². The fourth-order valence-electron chi connectivity index (χ4n) is 3.87. The van der Waals surface area contributed by atoms with Crippen LogP contribution in [0.3, 0.4) is 0 Å². The number of nitrogens with two attached hydrogens (primary N) is 1. The summed E-state index contributed by atoms with van der Waals surface area (Å²) in [5, 5.41) is 26.4. The second-order valence-electron chi connectivity index (χ2n) is 8.42. The number of fused-ring (bicyclic) bond motifs is 1. The lowest BCUT2D eigenvalue weighted by Gasteiger charge is -2.24. The highest BCUT2D eigenvalue weighted by molar-refractivity contribution is 6.11. The van der Waals surface area contributed by atoms with Crippen LogP contribution in [-0.4, -0.2) is 42.5 Å². The maximum atomic E-state index is 11.8. The van der Waals surface area contributed by atoms with Gasteiger partial charge in [0.2, 0.25) is 0 Å². The van der Waals surface area contributed by atoms with Gasteiger partial charge in [-0.25, -0.2) is 9.99 Å². The summed E-state index contributed by atoms with van der Waals surface area (Å²) in [5.74, 6) is 0.100. The van der Waals surface area contributed by atoms with E-state index in [2.05, 4.69) is 45.7 Å². The minimum Gasteiger partial charge on any atom is -0.378 e. The summed E-state index contributed by atoms with van der Waals surface area (Å²) in [6.07, 6.45) is 6.97. The molecule has 1 aromatic carbocycles. The minimum atomic E-state index is -0.566. The molecule has 1 amide bonds. The molecule has 0 aliphatic carbocycles. The zero-order valence-corrected chi connectivity index (χ0v) is 19.2. The van der Waals surface area contributed by atoms with Crippen molar-refractivity contribution in [1.29, 1.82) is 5.26 Å². The predicted molar refractivity (Wildman–Crippen MR) is 130 cm³/mol. The lowest BCUT2D eigenvalue weighted by molar-refractivity contribution is -0.116. The van der Waals surface area contributed by atoms with Crippen LogP contribution in [0.25, 0.3) is 11.4 Å². The van der Waals surface area contributed by atoms with Gasteiger partial charge in [0.25, 0.3) is 5.91 Å². The Balaban J connectivity index is 1.50. The van der Waals surface area contributed by atoms with E-state index in [1.54, 1.807) is 23.3 Å². The van der Waals surface area contributed by atoms with Crippen molar-refractivity contribution in [3.8, 4) is 17.5 Å². The average Bonchev–Trinajstić information content (AvgIpc) is 3.60. The first-order valence-electron chi connectivity index (χ1n) is 11.1. The first-order valence-corrected chi connectivity index (χ1v) is 11.1. The molecule has 0 saturated heterocycles. The number of nitrogens with zero attached hydrogens (tertiary/aromatic N) is 6. The SMILES string of the molecule is CC(C)n1ccc(-c2nc(CNc3cccc(C#N)c3)[nH]c2C2=NN3C(C(N)=O)=CNC3C=C2)n1. The van der Waals surface area contributed by atoms with Crippen LogP contribution in [0, 0.1) is 11.3 Å². The van der Waals surface area contributed by atoms with Crippen molar-refractivity contribution in [1.82, 2.24) is 30.1 Å². The first-order chi connectivity index (χ1) is 16.9. The van der Waals surface area contributed by atoms with E-state index in [9.17, 15) is 4.79 Å². The van der Waals surface area contributed by atoms with Crippen LogP contribution in [-0.2, 0) is 11.3 Å². The molecule has 3 aromatic rings. The predicted octanol–water partition coefficient (Wildman–Crippen LogP) is 2.17. The number of rotatable bonds is 7. The minimum absolute atomic E-state index is 0.200. The Kier molecular flexibility index (Phi) is 5.54. The van der Waals surface area contributed by atoms with Crippen LogP contribution in [0.1, 0.15) is 37.0 Å². The molecule has 5 rings (SSSR count). The number of H-pyrrole nitrogens is 1. The third-order valence-corrected chi connectivity index (χ3v) is 5.65. The molecule has 0 spiro atoms. The van der Waals surface area contributed by atoms with Crippen LogP contribution in [0.4, 0.5) is 5.69 Å². The third-order valence-electron chi connectivity index (χ3n) is 5.65. The summed E-state index contributed by atoms with van der Waals surface area (Å²) in [5.41, 5.74) is 9.79. The maximum absolute atomic E-state index is 11.8. The van der Waals surface area contributed by atoms with Gasteiger partial charge in [0.1, 0.15) is 34.8 Å². The Labute approximate surface area is 201 Å². The monoisotopic (exact) mass is 468 g/mol. The van der Waals surface area contributed by atoms with Crippen molar-refractivity contribution >= 4 is 17.3 Å². The molecule has 176 valence electrons. The molecule has 4 heterocycles. The summed E-state index contributed by atoms with van der Waals surface area (Å²) >= 11 is 0. The molecule has 2 aliphatic heterocycles. The van der Waals surface area contributed by atoms with E-state index in [1.165, 1.54) is 0 Å². The number of carbonyl (C=O) groups is 1. The Morgan fingerprint density at radius 1 is 1.34 bits per heavy atom. The number of hydrazone groups is 1. The Hall–Kier alpha value is -4.85. The number of aromatic amines is 1. The molecule has 0 bridgehead atoms. The number of carbonyl (C=O) groups excluding carboxylic acids is 1. The van der Waals surface area contributed by atoms with Gasteiger partial charge in [0, 0.05) is 24.1 Å². The molecular formula is C24H24N10O. The second-order valence-corrected chi connectivity index (χ2v) is 8.42. The number of anilines is 1. The van der Waals surface area contributed by atoms with Crippen molar-refractivity contribution < 1.29 is 4.79 Å². The van der Waals surface area contributed by atoms with E-state index in [1.807, 2.05) is 41.2 Å². The van der Waals surface area contributed by atoms with Crippen LogP contribution in [0.2, 0.25) is 0 Å². The number of benzene rings is 1. The normalized spacial score (nSPS) is 16.4. The molecule has 2 aromatic heterocycles. The van der Waals surface area contributed by atoms with E-state index in [0.29, 0.717) is 40.7 Å². The van der Waals surface area contributed by atoms with Crippen LogP contribution < -0.4 is 16.4 Å². The molecule has 11 nitrogen and oxygen atoms in total. The maximum Gasteiger partial charge on any atom is 0.268 e. The van der Waals surface area contributed by atoms with Gasteiger partial charge in [-0.2, -0.15) is 15.5 Å². The zero-order chi connectivity index (χ0) is 24.5. The van der Waals surface area contributed by atoms with Crippen molar-refractivity contribution in [2.45, 2.75) is 32.6 Å². The summed E-state index contributed by atoms with van der Waals surface area (Å²) in [6, 6.07) is 11.5. The van der Waals surface area contributed by atoms with Gasteiger partial charge in [-0.1, -0.05) is 6.07 Å². The summed E-state index contributed by atoms with van der Waals surface area (Å²) in [6.45, 7) is 4.50. The highest BCUT2D eigenvalue weighted by atomic mass is 16.1. The summed E-state index contributed by atoms with van der Waals surface area (Å²) in [7, 11) is 0. The fourth-order valence-corrected chi connectivity index (χ4v) is 3.87. The number of hydrogen-bond donors (Lipinski definition) is 4. The third kappa shape index (κ3) is 4.24. The van der Waals surface area contributed by atoms with Gasteiger partial charge < -0.3 is 21.4 Å². The van der Waals surface area contributed by atoms with Gasteiger partial charge in [0.05, 0.1) is 23.9 Å². The van der Waals surface area contributed by atoms with Gasteiger partial charge in [-0.05, 0) is 50.3 Å². The van der Waals surface area contributed by atoms with E-state index >= 15 is 0 Å². The van der Waals surface area contributed by atoms with Crippen molar-refractivity contribution in [3.63, 3.8) is 0 Å². The quantitative estimate of drug-likeness (QED) is 0.414. The highest BCUT2D eigenvalue weighted by Gasteiger charge is 2.31. The molecule has 1 unspecified atom stereocenters. The Bertz CT molecular complexity index is 1420. The average molecular weight is 469 g/mol. The number of nitriles is 1. The van der Waals surface area contributed by atoms with Crippen molar-refractivity contribution in [2.75, 3.05) is 5.32 Å². The zero-order valence-electron chi connectivity index (χ0n) is 19.2. The molecule has 1 atom stereocenters. The molecule has 0 fully saturated rings. The second kappa shape index (κ2) is 8.83. The van der Waals surface area contributed by atoms with E-state index in [4.69, 9.17) is 16.0 Å². The standard InChI is InChI=1S/C24H24N10O/c1-14(2)33-9-8-18(31-33)23-22(17-6-7-21-28-12-19(24(26)35)34(21)32-17)29-20(30-23)13-27-16-5-3-4-15(10-16)11-25/h3-10,12,14,21,27-28H,13H2,1-2H3,(H2,26,35)(H,29,30). The van der Waals surface area contributed by atoms with E-state index in [0.717, 1.165) is 5.69 Å². The van der Waals surface area contributed by atoms with Gasteiger partial charge in [0.15, 0.2) is 0 Å². The van der Waals surface area contributed by atoms with Gasteiger partial charge in [-0.15, -0.1) is 0 Å².